The third kappa shape index (κ3) is 2.10. The van der Waals surface area contributed by atoms with Crippen molar-refractivity contribution in [1.29, 1.82) is 0 Å². The number of benzene rings is 1. The van der Waals surface area contributed by atoms with Crippen molar-refractivity contribution in [2.45, 2.75) is 13.8 Å². The fourth-order valence-corrected chi connectivity index (χ4v) is 1.67. The second kappa shape index (κ2) is 3.92. The van der Waals surface area contributed by atoms with Crippen LogP contribution in [0.2, 0.25) is 0 Å². The summed E-state index contributed by atoms with van der Waals surface area (Å²) in [6, 6.07) is 3.74. The minimum absolute atomic E-state index is 0.310. The van der Waals surface area contributed by atoms with E-state index in [-0.39, 0.29) is 5.97 Å². The van der Waals surface area contributed by atoms with Crippen LogP contribution in [-0.2, 0) is 4.74 Å². The number of rotatable bonds is 1. The van der Waals surface area contributed by atoms with Gasteiger partial charge in [0.15, 0.2) is 0 Å². The third-order valence-electron chi connectivity index (χ3n) is 1.99. The van der Waals surface area contributed by atoms with Gasteiger partial charge in [-0.3, -0.25) is 0 Å². The van der Waals surface area contributed by atoms with E-state index in [0.717, 1.165) is 15.6 Å². The van der Waals surface area contributed by atoms with Crippen LogP contribution >= 0.6 is 15.9 Å². The number of carbonyl (C=O) groups excluding carboxylic acids is 1. The summed E-state index contributed by atoms with van der Waals surface area (Å²) in [5.41, 5.74) is 2.81. The zero-order chi connectivity index (χ0) is 10.0. The Hall–Kier alpha value is -0.830. The second-order valence-corrected chi connectivity index (χ2v) is 3.76. The molecule has 0 fully saturated rings. The Morgan fingerprint density at radius 2 is 1.85 bits per heavy atom. The third-order valence-corrected chi connectivity index (χ3v) is 2.64. The lowest BCUT2D eigenvalue weighted by Gasteiger charge is -2.06. The van der Waals surface area contributed by atoms with Crippen LogP contribution in [0.3, 0.4) is 0 Å². The van der Waals surface area contributed by atoms with E-state index in [1.165, 1.54) is 7.11 Å². The number of esters is 1. The zero-order valence-corrected chi connectivity index (χ0v) is 9.44. The minimum Gasteiger partial charge on any atom is -0.465 e. The molecule has 0 amide bonds. The molecular weight excluding hydrogens is 232 g/mol. The van der Waals surface area contributed by atoms with Crippen LogP contribution in [0.5, 0.6) is 0 Å². The van der Waals surface area contributed by atoms with Crippen LogP contribution in [0.1, 0.15) is 21.5 Å². The molecule has 3 heteroatoms. The predicted molar refractivity (Wildman–Crippen MR) is 55.0 cm³/mol. The van der Waals surface area contributed by atoms with Gasteiger partial charge in [-0.2, -0.15) is 0 Å². The lowest BCUT2D eigenvalue weighted by molar-refractivity contribution is 0.0599. The molecule has 0 aliphatic heterocycles. The number of ether oxygens (including phenoxy) is 1. The molecule has 2 nitrogen and oxygen atoms in total. The number of hydrogen-bond acceptors (Lipinski definition) is 2. The average Bonchev–Trinajstić information content (AvgIpc) is 2.10. The van der Waals surface area contributed by atoms with Crippen molar-refractivity contribution >= 4 is 21.9 Å². The molecule has 0 saturated heterocycles. The van der Waals surface area contributed by atoms with E-state index in [1.807, 2.05) is 26.0 Å². The van der Waals surface area contributed by atoms with Gasteiger partial charge in [-0.15, -0.1) is 0 Å². The standard InChI is InChI=1S/C10H11BrO2/c1-6-4-8(10(12)13-3)9(11)5-7(6)2/h4-5H,1-3H3. The first kappa shape index (κ1) is 10.3. The summed E-state index contributed by atoms with van der Waals surface area (Å²) in [4.78, 5) is 11.2. The second-order valence-electron chi connectivity index (χ2n) is 2.91. The van der Waals surface area contributed by atoms with Gasteiger partial charge >= 0.3 is 5.97 Å². The Bertz CT molecular complexity index is 345. The van der Waals surface area contributed by atoms with Crippen LogP contribution in [0.25, 0.3) is 0 Å². The maximum Gasteiger partial charge on any atom is 0.339 e. The molecule has 0 atom stereocenters. The molecule has 0 aliphatic carbocycles. The van der Waals surface area contributed by atoms with Gasteiger partial charge in [-0.05, 0) is 53.0 Å². The Balaban J connectivity index is 3.23. The quantitative estimate of drug-likeness (QED) is 0.709. The van der Waals surface area contributed by atoms with E-state index in [2.05, 4.69) is 20.7 Å². The average molecular weight is 243 g/mol. The predicted octanol–water partition coefficient (Wildman–Crippen LogP) is 2.85. The van der Waals surface area contributed by atoms with Gasteiger partial charge in [0.2, 0.25) is 0 Å². The van der Waals surface area contributed by atoms with E-state index < -0.39 is 0 Å². The molecule has 0 bridgehead atoms. The van der Waals surface area contributed by atoms with Crippen molar-refractivity contribution in [3.05, 3.63) is 33.3 Å². The fraction of sp³-hybridized carbons (Fsp3) is 0.300. The maximum atomic E-state index is 11.2. The van der Waals surface area contributed by atoms with Gasteiger partial charge in [0, 0.05) is 4.47 Å². The molecule has 1 aromatic carbocycles. The highest BCUT2D eigenvalue weighted by atomic mass is 79.9. The van der Waals surface area contributed by atoms with Gasteiger partial charge in [-0.25, -0.2) is 4.79 Å². The van der Waals surface area contributed by atoms with Gasteiger partial charge in [-0.1, -0.05) is 0 Å². The van der Waals surface area contributed by atoms with Crippen LogP contribution in [-0.4, -0.2) is 13.1 Å². The number of carbonyl (C=O) groups is 1. The molecular formula is C10H11BrO2. The van der Waals surface area contributed by atoms with Gasteiger partial charge < -0.3 is 4.74 Å². The summed E-state index contributed by atoms with van der Waals surface area (Å²) in [6.07, 6.45) is 0. The van der Waals surface area contributed by atoms with E-state index in [9.17, 15) is 4.79 Å². The minimum atomic E-state index is -0.310. The topological polar surface area (TPSA) is 26.3 Å². The molecule has 1 aromatic rings. The van der Waals surface area contributed by atoms with E-state index in [4.69, 9.17) is 0 Å². The first-order valence-electron chi connectivity index (χ1n) is 3.91. The van der Waals surface area contributed by atoms with Gasteiger partial charge in [0.05, 0.1) is 12.7 Å². The van der Waals surface area contributed by atoms with Gasteiger partial charge in [0.25, 0.3) is 0 Å². The summed E-state index contributed by atoms with van der Waals surface area (Å²) in [5.74, 6) is -0.310. The Labute approximate surface area is 86.0 Å². The normalized spacial score (nSPS) is 9.85. The monoisotopic (exact) mass is 242 g/mol. The molecule has 0 N–H and O–H groups in total. The zero-order valence-electron chi connectivity index (χ0n) is 7.85. The molecule has 0 heterocycles. The van der Waals surface area contributed by atoms with Crippen LogP contribution in [0, 0.1) is 13.8 Å². The molecule has 1 rings (SSSR count). The number of halogens is 1. The number of methoxy groups -OCH3 is 1. The van der Waals surface area contributed by atoms with Crippen molar-refractivity contribution in [3.63, 3.8) is 0 Å². The highest BCUT2D eigenvalue weighted by Crippen LogP contribution is 2.21. The van der Waals surface area contributed by atoms with E-state index in [1.54, 1.807) is 0 Å². The molecule has 0 radical (unpaired) electrons. The van der Waals surface area contributed by atoms with Crippen LogP contribution in [0.15, 0.2) is 16.6 Å². The highest BCUT2D eigenvalue weighted by Gasteiger charge is 2.11. The summed E-state index contributed by atoms with van der Waals surface area (Å²) < 4.78 is 5.42. The molecule has 0 saturated carbocycles. The SMILES string of the molecule is COC(=O)c1cc(C)c(C)cc1Br. The summed E-state index contributed by atoms with van der Waals surface area (Å²) in [7, 11) is 1.38. The van der Waals surface area contributed by atoms with E-state index in [0.29, 0.717) is 5.56 Å². The lowest BCUT2D eigenvalue weighted by Crippen LogP contribution is -2.03. The van der Waals surface area contributed by atoms with Crippen molar-refractivity contribution in [2.24, 2.45) is 0 Å². The highest BCUT2D eigenvalue weighted by molar-refractivity contribution is 9.10. The molecule has 0 spiro atoms. The van der Waals surface area contributed by atoms with Crippen molar-refractivity contribution in [2.75, 3.05) is 7.11 Å². The number of aryl methyl sites for hydroxylation is 2. The fourth-order valence-electron chi connectivity index (χ4n) is 1.05. The summed E-state index contributed by atoms with van der Waals surface area (Å²) >= 11 is 3.32. The largest absolute Gasteiger partial charge is 0.465 e. The molecule has 13 heavy (non-hydrogen) atoms. The Morgan fingerprint density at radius 1 is 1.31 bits per heavy atom. The smallest absolute Gasteiger partial charge is 0.339 e. The molecule has 0 aromatic heterocycles. The number of hydrogen-bond donors (Lipinski definition) is 0. The van der Waals surface area contributed by atoms with Gasteiger partial charge in [0.1, 0.15) is 0 Å². The summed E-state index contributed by atoms with van der Waals surface area (Å²) in [6.45, 7) is 3.97. The van der Waals surface area contributed by atoms with E-state index >= 15 is 0 Å². The maximum absolute atomic E-state index is 11.2. The van der Waals surface area contributed by atoms with Crippen molar-refractivity contribution in [3.8, 4) is 0 Å². The Kier molecular flexibility index (Phi) is 3.09. The van der Waals surface area contributed by atoms with Crippen LogP contribution < -0.4 is 0 Å². The molecule has 0 unspecified atom stereocenters. The first-order valence-corrected chi connectivity index (χ1v) is 4.70. The summed E-state index contributed by atoms with van der Waals surface area (Å²) in [5, 5.41) is 0. The Morgan fingerprint density at radius 3 is 2.38 bits per heavy atom. The molecule has 0 aliphatic rings. The first-order chi connectivity index (χ1) is 6.06. The lowest BCUT2D eigenvalue weighted by atomic mass is 10.1. The van der Waals surface area contributed by atoms with Crippen LogP contribution in [0.4, 0.5) is 0 Å². The van der Waals surface area contributed by atoms with Crippen molar-refractivity contribution in [1.82, 2.24) is 0 Å². The van der Waals surface area contributed by atoms with Crippen molar-refractivity contribution < 1.29 is 9.53 Å². The molecule has 70 valence electrons.